The highest BCUT2D eigenvalue weighted by molar-refractivity contribution is 7.92. The molecule has 0 atom stereocenters. The lowest BCUT2D eigenvalue weighted by Gasteiger charge is -2.26. The van der Waals surface area contributed by atoms with E-state index in [1.807, 2.05) is 44.2 Å². The predicted octanol–water partition coefficient (Wildman–Crippen LogP) is 5.05. The second-order valence-corrected chi connectivity index (χ2v) is 14.3. The summed E-state index contributed by atoms with van der Waals surface area (Å²) in [5.41, 5.74) is 3.39. The Kier molecular flexibility index (Phi) is 9.68. The van der Waals surface area contributed by atoms with Gasteiger partial charge in [-0.25, -0.2) is 16.8 Å². The molecule has 3 N–H and O–H groups in total. The molecule has 0 bridgehead atoms. The van der Waals surface area contributed by atoms with Gasteiger partial charge in [0.25, 0.3) is 15.9 Å². The second-order valence-electron chi connectivity index (χ2n) is 10.8. The Hall–Kier alpha value is -5.14. The zero-order valence-electron chi connectivity index (χ0n) is 26.1. The van der Waals surface area contributed by atoms with Crippen LogP contribution in [0.3, 0.4) is 0 Å². The number of para-hydroxylation sites is 1. The van der Waals surface area contributed by atoms with Crippen molar-refractivity contribution in [2.75, 3.05) is 45.6 Å². The quantitative estimate of drug-likeness (QED) is 0.179. The Morgan fingerprint density at radius 2 is 1.40 bits per heavy atom. The van der Waals surface area contributed by atoms with E-state index in [9.17, 15) is 26.4 Å². The van der Waals surface area contributed by atoms with Crippen LogP contribution in [0.25, 0.3) is 11.3 Å². The van der Waals surface area contributed by atoms with Crippen LogP contribution < -0.4 is 19.7 Å². The lowest BCUT2D eigenvalue weighted by atomic mass is 10.00. The molecule has 0 fully saturated rings. The van der Waals surface area contributed by atoms with Gasteiger partial charge in [-0.2, -0.15) is 0 Å². The topological polar surface area (TPSA) is 145 Å². The Bertz CT molecular complexity index is 2030. The van der Waals surface area contributed by atoms with Gasteiger partial charge >= 0.3 is 0 Å². The molecule has 1 aliphatic rings. The number of carbonyl (C=O) groups is 2. The molecule has 0 aliphatic carbocycles. The highest BCUT2D eigenvalue weighted by Gasteiger charge is 2.31. The van der Waals surface area contributed by atoms with E-state index in [0.717, 1.165) is 10.6 Å². The summed E-state index contributed by atoms with van der Waals surface area (Å²) in [5.74, 6) is -0.739. The number of hydrogen-bond donors (Lipinski definition) is 3. The van der Waals surface area contributed by atoms with E-state index in [1.54, 1.807) is 65.6 Å². The minimum Gasteiger partial charge on any atom is -0.354 e. The maximum Gasteiger partial charge on any atom is 0.261 e. The Labute approximate surface area is 275 Å². The van der Waals surface area contributed by atoms with Gasteiger partial charge in [0.05, 0.1) is 28.1 Å². The van der Waals surface area contributed by atoms with Crippen molar-refractivity contribution in [3.8, 4) is 0 Å². The van der Waals surface area contributed by atoms with Crippen molar-refractivity contribution in [3.05, 3.63) is 114 Å². The van der Waals surface area contributed by atoms with Gasteiger partial charge in [0.2, 0.25) is 15.9 Å². The van der Waals surface area contributed by atoms with E-state index in [0.29, 0.717) is 52.7 Å². The van der Waals surface area contributed by atoms with E-state index < -0.39 is 26.0 Å². The third-order valence-corrected chi connectivity index (χ3v) is 10.1. The standard InChI is InChI=1S/C34H35N5O6S2/c1-4-38(5-2)31(40)23-39(46(3,42)43)27-18-16-25(17-19-27)35-33(24-12-8-6-9-13-24)32-29-22-28(20-21-30(29)36-34(32)41)47(44,45)37-26-14-10-7-11-15-26/h6-22,35,37H,4-5,23H2,1-3H3,(H,36,41). The fourth-order valence-corrected chi connectivity index (χ4v) is 7.15. The third-order valence-electron chi connectivity index (χ3n) is 7.60. The summed E-state index contributed by atoms with van der Waals surface area (Å²) in [6, 6.07) is 28.5. The van der Waals surface area contributed by atoms with E-state index in [1.165, 1.54) is 12.1 Å². The van der Waals surface area contributed by atoms with Crippen LogP contribution in [0, 0.1) is 0 Å². The van der Waals surface area contributed by atoms with Crippen molar-refractivity contribution in [1.82, 2.24) is 4.90 Å². The van der Waals surface area contributed by atoms with Gasteiger partial charge in [-0.3, -0.25) is 18.6 Å². The number of amides is 2. The first-order valence-electron chi connectivity index (χ1n) is 14.9. The average Bonchev–Trinajstić information content (AvgIpc) is 3.38. The Morgan fingerprint density at radius 1 is 0.787 bits per heavy atom. The van der Waals surface area contributed by atoms with Crippen molar-refractivity contribution in [2.45, 2.75) is 18.7 Å². The number of nitrogens with zero attached hydrogens (tertiary/aromatic N) is 2. The molecule has 0 radical (unpaired) electrons. The molecule has 0 spiro atoms. The number of anilines is 4. The van der Waals surface area contributed by atoms with Crippen LogP contribution in [-0.4, -0.2) is 59.4 Å². The van der Waals surface area contributed by atoms with Gasteiger partial charge in [0.15, 0.2) is 0 Å². The number of carbonyl (C=O) groups excluding carboxylic acids is 2. The highest BCUT2D eigenvalue weighted by atomic mass is 32.2. The van der Waals surface area contributed by atoms with Gasteiger partial charge in [-0.1, -0.05) is 48.5 Å². The molecule has 4 aromatic carbocycles. The first-order valence-corrected chi connectivity index (χ1v) is 18.2. The van der Waals surface area contributed by atoms with Crippen LogP contribution in [0.5, 0.6) is 0 Å². The zero-order chi connectivity index (χ0) is 33.8. The van der Waals surface area contributed by atoms with Crippen LogP contribution in [0.1, 0.15) is 25.0 Å². The molecule has 11 nitrogen and oxygen atoms in total. The molecule has 5 rings (SSSR count). The summed E-state index contributed by atoms with van der Waals surface area (Å²) in [7, 11) is -7.76. The molecule has 0 aromatic heterocycles. The predicted molar refractivity (Wildman–Crippen MR) is 186 cm³/mol. The van der Waals surface area contributed by atoms with Crippen molar-refractivity contribution in [2.24, 2.45) is 0 Å². The number of fused-ring (bicyclic) bond motifs is 1. The first kappa shape index (κ1) is 33.2. The van der Waals surface area contributed by atoms with Crippen LogP contribution in [0.15, 0.2) is 108 Å². The van der Waals surface area contributed by atoms with Crippen molar-refractivity contribution in [3.63, 3.8) is 0 Å². The van der Waals surface area contributed by atoms with E-state index in [-0.39, 0.29) is 22.9 Å². The molecule has 1 aliphatic heterocycles. The molecule has 4 aromatic rings. The molecule has 244 valence electrons. The minimum atomic E-state index is -3.98. The molecule has 1 heterocycles. The van der Waals surface area contributed by atoms with Gasteiger partial charge in [0.1, 0.15) is 6.54 Å². The van der Waals surface area contributed by atoms with Crippen LogP contribution in [0.4, 0.5) is 22.7 Å². The first-order chi connectivity index (χ1) is 22.4. The highest BCUT2D eigenvalue weighted by Crippen LogP contribution is 2.39. The number of benzene rings is 4. The Balaban J connectivity index is 1.53. The largest absolute Gasteiger partial charge is 0.354 e. The number of likely N-dealkylation sites (N-methyl/N-ethyl adjacent to an activating group) is 1. The Morgan fingerprint density at radius 3 is 2.00 bits per heavy atom. The molecular formula is C34H35N5O6S2. The number of nitrogens with one attached hydrogen (secondary N) is 3. The summed E-state index contributed by atoms with van der Waals surface area (Å²) in [6.07, 6.45) is 1.05. The molecule has 0 saturated carbocycles. The van der Waals surface area contributed by atoms with Crippen molar-refractivity contribution in [1.29, 1.82) is 0 Å². The van der Waals surface area contributed by atoms with Gasteiger partial charge < -0.3 is 15.5 Å². The lowest BCUT2D eigenvalue weighted by Crippen LogP contribution is -2.42. The summed E-state index contributed by atoms with van der Waals surface area (Å²) in [6.45, 7) is 4.24. The normalized spacial score (nSPS) is 13.7. The maximum atomic E-state index is 13.5. The molecule has 13 heteroatoms. The SMILES string of the molecule is CCN(CC)C(=O)CN(c1ccc(NC(=C2C(=O)Nc3ccc(S(=O)(=O)Nc4ccccc4)cc32)c2ccccc2)cc1)S(C)(=O)=O. The van der Waals surface area contributed by atoms with E-state index in [4.69, 9.17) is 0 Å². The second kappa shape index (κ2) is 13.7. The minimum absolute atomic E-state index is 0.0222. The maximum absolute atomic E-state index is 13.5. The molecule has 47 heavy (non-hydrogen) atoms. The van der Waals surface area contributed by atoms with Gasteiger partial charge in [-0.15, -0.1) is 0 Å². The van der Waals surface area contributed by atoms with Crippen LogP contribution in [0.2, 0.25) is 0 Å². The molecular weight excluding hydrogens is 639 g/mol. The van der Waals surface area contributed by atoms with Crippen LogP contribution in [-0.2, 0) is 29.6 Å². The van der Waals surface area contributed by atoms with Crippen molar-refractivity contribution < 1.29 is 26.4 Å². The van der Waals surface area contributed by atoms with E-state index in [2.05, 4.69) is 15.4 Å². The zero-order valence-corrected chi connectivity index (χ0v) is 27.7. The van der Waals surface area contributed by atoms with Gasteiger partial charge in [-0.05, 0) is 74.0 Å². The fourth-order valence-electron chi connectivity index (χ4n) is 5.22. The molecule has 0 saturated heterocycles. The van der Waals surface area contributed by atoms with Gasteiger partial charge in [0, 0.05) is 35.7 Å². The third kappa shape index (κ3) is 7.47. The molecule has 2 amide bonds. The summed E-state index contributed by atoms with van der Waals surface area (Å²) < 4.78 is 55.6. The summed E-state index contributed by atoms with van der Waals surface area (Å²) in [5, 5.41) is 6.13. The molecule has 0 unspecified atom stereocenters. The number of hydrogen-bond acceptors (Lipinski definition) is 7. The summed E-state index contributed by atoms with van der Waals surface area (Å²) >= 11 is 0. The lowest BCUT2D eigenvalue weighted by molar-refractivity contribution is -0.129. The monoisotopic (exact) mass is 673 g/mol. The fraction of sp³-hybridized carbons (Fsp3) is 0.176. The van der Waals surface area contributed by atoms with Crippen LogP contribution >= 0.6 is 0 Å². The number of sulfonamides is 2. The van der Waals surface area contributed by atoms with E-state index >= 15 is 0 Å². The van der Waals surface area contributed by atoms with Crippen molar-refractivity contribution >= 4 is 65.9 Å². The smallest absolute Gasteiger partial charge is 0.261 e. The number of rotatable bonds is 12. The summed E-state index contributed by atoms with van der Waals surface area (Å²) in [4.78, 5) is 27.8. The average molecular weight is 674 g/mol.